The first-order chi connectivity index (χ1) is 6.88. The van der Waals surface area contributed by atoms with Gasteiger partial charge in [-0.05, 0) is 12.8 Å². The molecule has 1 unspecified atom stereocenters. The van der Waals surface area contributed by atoms with Crippen LogP contribution in [0, 0.1) is 0 Å². The molecule has 1 aliphatic rings. The highest BCUT2D eigenvalue weighted by atomic mass is 32.1. The molecule has 1 aromatic rings. The Morgan fingerprint density at radius 3 is 3.36 bits per heavy atom. The van der Waals surface area contributed by atoms with Crippen LogP contribution >= 0.6 is 11.3 Å². The third-order valence-electron chi connectivity index (χ3n) is 2.31. The summed E-state index contributed by atoms with van der Waals surface area (Å²) in [5.74, 6) is 0. The number of rotatable bonds is 4. The van der Waals surface area contributed by atoms with E-state index < -0.39 is 0 Å². The van der Waals surface area contributed by atoms with Crippen molar-refractivity contribution in [2.45, 2.75) is 31.8 Å². The molecule has 2 rings (SSSR count). The summed E-state index contributed by atoms with van der Waals surface area (Å²) in [5, 5.41) is 1.09. The van der Waals surface area contributed by atoms with Crippen LogP contribution in [0.25, 0.3) is 0 Å². The Bertz CT molecular complexity index is 305. The molecule has 0 aromatic carbocycles. The van der Waals surface area contributed by atoms with Gasteiger partial charge >= 0.3 is 0 Å². The fraction of sp³-hybridized carbons (Fsp3) is 0.600. The van der Waals surface area contributed by atoms with E-state index in [1.165, 1.54) is 0 Å². The van der Waals surface area contributed by atoms with Crippen LogP contribution < -0.4 is 0 Å². The number of hydrogen-bond acceptors (Lipinski definition) is 4. The van der Waals surface area contributed by atoms with Crippen LogP contribution in [0.4, 0.5) is 0 Å². The molecule has 14 heavy (non-hydrogen) atoms. The lowest BCUT2D eigenvalue weighted by atomic mass is 10.2. The van der Waals surface area contributed by atoms with E-state index in [-0.39, 0.29) is 0 Å². The van der Waals surface area contributed by atoms with Gasteiger partial charge in [0.25, 0.3) is 0 Å². The van der Waals surface area contributed by atoms with Crippen molar-refractivity contribution in [2.75, 3.05) is 6.61 Å². The van der Waals surface area contributed by atoms with Gasteiger partial charge in [0, 0.05) is 30.5 Å². The van der Waals surface area contributed by atoms with Gasteiger partial charge < -0.3 is 9.53 Å². The predicted molar refractivity (Wildman–Crippen MR) is 54.6 cm³/mol. The van der Waals surface area contributed by atoms with Crippen molar-refractivity contribution in [2.24, 2.45) is 0 Å². The van der Waals surface area contributed by atoms with Crippen LogP contribution in [0.15, 0.2) is 6.20 Å². The first-order valence-electron chi connectivity index (χ1n) is 4.87. The van der Waals surface area contributed by atoms with Gasteiger partial charge in [-0.3, -0.25) is 0 Å². The zero-order valence-electron chi connectivity index (χ0n) is 7.94. The third-order valence-corrected chi connectivity index (χ3v) is 3.35. The molecule has 0 bridgehead atoms. The summed E-state index contributed by atoms with van der Waals surface area (Å²) in [4.78, 5) is 15.6. The molecule has 3 nitrogen and oxygen atoms in total. The third kappa shape index (κ3) is 2.39. The quantitative estimate of drug-likeness (QED) is 0.710. The Morgan fingerprint density at radius 1 is 1.71 bits per heavy atom. The lowest BCUT2D eigenvalue weighted by Crippen LogP contribution is -2.08. The van der Waals surface area contributed by atoms with Gasteiger partial charge in [-0.1, -0.05) is 0 Å². The maximum atomic E-state index is 10.3. The molecule has 0 radical (unpaired) electrons. The lowest BCUT2D eigenvalue weighted by molar-refractivity contribution is -0.107. The van der Waals surface area contributed by atoms with Crippen molar-refractivity contribution >= 4 is 17.6 Å². The summed E-state index contributed by atoms with van der Waals surface area (Å²) in [7, 11) is 0. The smallest absolute Gasteiger partial charge is 0.125 e. The molecule has 1 atom stereocenters. The van der Waals surface area contributed by atoms with Crippen molar-refractivity contribution in [1.82, 2.24) is 4.98 Å². The number of nitrogens with zero attached hydrogens (tertiary/aromatic N) is 1. The number of carbonyl (C=O) groups is 1. The number of hydrogen-bond donors (Lipinski definition) is 0. The van der Waals surface area contributed by atoms with E-state index in [1.807, 2.05) is 0 Å². The normalized spacial score (nSPS) is 21.3. The van der Waals surface area contributed by atoms with Crippen LogP contribution in [-0.2, 0) is 22.4 Å². The van der Waals surface area contributed by atoms with E-state index in [0.717, 1.165) is 42.0 Å². The minimum atomic E-state index is 0.352. The van der Waals surface area contributed by atoms with Crippen molar-refractivity contribution in [3.63, 3.8) is 0 Å². The highest BCUT2D eigenvalue weighted by Gasteiger charge is 2.17. The van der Waals surface area contributed by atoms with Gasteiger partial charge in [-0.25, -0.2) is 4.98 Å². The van der Waals surface area contributed by atoms with Gasteiger partial charge in [0.2, 0.25) is 0 Å². The maximum absolute atomic E-state index is 10.3. The summed E-state index contributed by atoms with van der Waals surface area (Å²) in [6, 6.07) is 0. The zero-order chi connectivity index (χ0) is 9.80. The van der Waals surface area contributed by atoms with Crippen LogP contribution in [0.5, 0.6) is 0 Å². The largest absolute Gasteiger partial charge is 0.378 e. The molecule has 76 valence electrons. The molecule has 1 fully saturated rings. The Balaban J connectivity index is 1.91. The minimum absolute atomic E-state index is 0.352. The van der Waals surface area contributed by atoms with E-state index in [4.69, 9.17) is 4.74 Å². The molecule has 0 aliphatic carbocycles. The van der Waals surface area contributed by atoms with E-state index in [1.54, 1.807) is 17.5 Å². The van der Waals surface area contributed by atoms with Crippen molar-refractivity contribution in [3.8, 4) is 0 Å². The Morgan fingerprint density at radius 2 is 2.64 bits per heavy atom. The average molecular weight is 211 g/mol. The topological polar surface area (TPSA) is 39.2 Å². The highest BCUT2D eigenvalue weighted by Crippen LogP contribution is 2.20. The standard InChI is InChI=1S/C10H13NO2S/c12-4-3-9-7-11-10(14-9)6-8-2-1-5-13-8/h4,7-8H,1-3,5-6H2. The fourth-order valence-electron chi connectivity index (χ4n) is 1.62. The Hall–Kier alpha value is -0.740. The summed E-state index contributed by atoms with van der Waals surface area (Å²) in [6.07, 6.45) is 6.77. The van der Waals surface area contributed by atoms with Gasteiger partial charge in [-0.15, -0.1) is 11.3 Å². The van der Waals surface area contributed by atoms with Crippen LogP contribution in [-0.4, -0.2) is 24.0 Å². The lowest BCUT2D eigenvalue weighted by Gasteiger charge is -2.05. The van der Waals surface area contributed by atoms with Crippen molar-refractivity contribution in [3.05, 3.63) is 16.1 Å². The van der Waals surface area contributed by atoms with Gasteiger partial charge in [0.15, 0.2) is 0 Å². The molecule has 2 heterocycles. The van der Waals surface area contributed by atoms with E-state index >= 15 is 0 Å². The minimum Gasteiger partial charge on any atom is -0.378 e. The Kier molecular flexibility index (Phi) is 3.26. The molecule has 0 spiro atoms. The molecule has 0 N–H and O–H groups in total. The number of aldehydes is 1. The molecule has 0 amide bonds. The first-order valence-corrected chi connectivity index (χ1v) is 5.69. The van der Waals surface area contributed by atoms with Gasteiger partial charge in [0.05, 0.1) is 11.1 Å². The second-order valence-electron chi connectivity index (χ2n) is 3.43. The number of thiazole rings is 1. The fourth-order valence-corrected chi connectivity index (χ4v) is 2.55. The molecule has 1 aliphatic heterocycles. The molecule has 0 saturated carbocycles. The monoisotopic (exact) mass is 211 g/mol. The van der Waals surface area contributed by atoms with Crippen molar-refractivity contribution in [1.29, 1.82) is 0 Å². The number of carbonyl (C=O) groups excluding carboxylic acids is 1. The number of aromatic nitrogens is 1. The summed E-state index contributed by atoms with van der Waals surface area (Å²) >= 11 is 1.62. The molecular formula is C10H13NO2S. The second-order valence-corrected chi connectivity index (χ2v) is 4.63. The summed E-state index contributed by atoms with van der Waals surface area (Å²) in [6.45, 7) is 0.886. The number of ether oxygens (including phenoxy) is 1. The first kappa shape index (κ1) is 9.80. The maximum Gasteiger partial charge on any atom is 0.125 e. The van der Waals surface area contributed by atoms with Crippen molar-refractivity contribution < 1.29 is 9.53 Å². The van der Waals surface area contributed by atoms with E-state index in [2.05, 4.69) is 4.98 Å². The molecule has 1 aromatic heterocycles. The van der Waals surface area contributed by atoms with Gasteiger partial charge in [-0.2, -0.15) is 0 Å². The predicted octanol–water partition coefficient (Wildman–Crippen LogP) is 1.61. The highest BCUT2D eigenvalue weighted by molar-refractivity contribution is 7.11. The van der Waals surface area contributed by atoms with E-state index in [0.29, 0.717) is 12.5 Å². The van der Waals surface area contributed by atoms with Crippen LogP contribution in [0.2, 0.25) is 0 Å². The van der Waals surface area contributed by atoms with Gasteiger partial charge in [0.1, 0.15) is 6.29 Å². The van der Waals surface area contributed by atoms with E-state index in [9.17, 15) is 4.79 Å². The second kappa shape index (κ2) is 4.66. The SMILES string of the molecule is O=CCc1cnc(CC2CCCO2)s1. The Labute approximate surface area is 87.1 Å². The summed E-state index contributed by atoms with van der Waals surface area (Å²) in [5.41, 5.74) is 0. The average Bonchev–Trinajstić information content (AvgIpc) is 2.79. The molecular weight excluding hydrogens is 198 g/mol. The van der Waals surface area contributed by atoms with Crippen LogP contribution in [0.3, 0.4) is 0 Å². The molecule has 1 saturated heterocycles. The summed E-state index contributed by atoms with van der Waals surface area (Å²) < 4.78 is 5.52. The van der Waals surface area contributed by atoms with Crippen LogP contribution in [0.1, 0.15) is 22.7 Å². The molecule has 4 heteroatoms. The zero-order valence-corrected chi connectivity index (χ0v) is 8.76.